The number of hydrogen-bond acceptors (Lipinski definition) is 4. The van der Waals surface area contributed by atoms with Crippen molar-refractivity contribution in [1.29, 1.82) is 0 Å². The molecule has 0 spiro atoms. The molecule has 7 heteroatoms. The van der Waals surface area contributed by atoms with E-state index in [1.807, 2.05) is 6.20 Å². The van der Waals surface area contributed by atoms with Crippen LogP contribution in [0.2, 0.25) is 0 Å². The van der Waals surface area contributed by atoms with Crippen LogP contribution in [0, 0.1) is 78.4 Å². The normalized spacial score (nSPS) is 26.0. The topological polar surface area (TPSA) is 38.7 Å². The number of fused-ring (bicyclic) bond motifs is 14. The van der Waals surface area contributed by atoms with E-state index >= 15 is 0 Å². The first kappa shape index (κ1) is 77.7. The summed E-state index contributed by atoms with van der Waals surface area (Å²) in [5, 5.41) is 7.29. The maximum atomic E-state index is 5.27. The van der Waals surface area contributed by atoms with E-state index in [4.69, 9.17) is 15.0 Å². The summed E-state index contributed by atoms with van der Waals surface area (Å²) in [4.78, 5) is 15.2. The zero-order valence-corrected chi connectivity index (χ0v) is 76.2. The third-order valence-corrected chi connectivity index (χ3v) is 30.2. The SMILES string of the molecule is Cc1ccc2c(c1)C13CC(C)(C)CC1(CC(C)(C)C3)c1cc(-c3nc4ccccc4c4ccccc34)[c-]cc1-2.Cc1ccc2c(c1)C13CC(C)(C)CC1(CC(C)(C)C3)c1cc(-c3nc4ccccc4s3)[c-]cc1-2.Cc1ccc2c(c1)C13CC(C)(C)CC1(CC(C)(C)C3)c1cc(-c3ncc(C)c4ccccc34)[c-]cc1-2.[Ir].[Ir].[Ir]. The maximum absolute atomic E-state index is 5.27. The van der Waals surface area contributed by atoms with Crippen LogP contribution in [0.15, 0.2) is 194 Å². The summed E-state index contributed by atoms with van der Waals surface area (Å²) in [6.45, 7) is 39.0. The summed E-state index contributed by atoms with van der Waals surface area (Å²) >= 11 is 1.79. The van der Waals surface area contributed by atoms with Crippen molar-refractivity contribution < 1.29 is 60.3 Å². The molecule has 13 aromatic rings. The average Bonchev–Trinajstić information content (AvgIpc) is 1.52. The molecule has 6 saturated carbocycles. The number of para-hydroxylation sites is 2. The molecule has 10 aromatic carbocycles. The predicted molar refractivity (Wildman–Crippen MR) is 457 cm³/mol. The largest absolute Gasteiger partial charge is 0.304 e. The fourth-order valence-electron chi connectivity index (χ4n) is 27.5. The quantitative estimate of drug-likeness (QED) is 0.131. The van der Waals surface area contributed by atoms with Gasteiger partial charge in [-0.1, -0.05) is 267 Å². The molecule has 0 amide bonds. The molecule has 3 radical (unpaired) electrons. The first-order valence-electron chi connectivity index (χ1n) is 40.8. The molecule has 3 heterocycles. The van der Waals surface area contributed by atoms with Gasteiger partial charge in [-0.3, -0.25) is 9.97 Å². The Morgan fingerprint density at radius 1 is 0.295 bits per heavy atom. The van der Waals surface area contributed by atoms with Gasteiger partial charge in [0, 0.05) is 97.9 Å². The van der Waals surface area contributed by atoms with Crippen molar-refractivity contribution in [3.8, 4) is 66.5 Å². The van der Waals surface area contributed by atoms with Crippen molar-refractivity contribution in [2.75, 3.05) is 0 Å². The van der Waals surface area contributed by atoms with Crippen LogP contribution >= 0.6 is 11.3 Å². The predicted octanol–water partition coefficient (Wildman–Crippen LogP) is 27.9. The monoisotopic (exact) mass is 2020 g/mol. The van der Waals surface area contributed by atoms with Crippen molar-refractivity contribution in [3.05, 3.63) is 268 Å². The third-order valence-electron chi connectivity index (χ3n) is 29.1. The summed E-state index contributed by atoms with van der Waals surface area (Å²) in [5.74, 6) is 0. The second kappa shape index (κ2) is 26.1. The Bertz CT molecular complexity index is 5980. The van der Waals surface area contributed by atoms with E-state index < -0.39 is 0 Å². The van der Waals surface area contributed by atoms with Crippen molar-refractivity contribution in [1.82, 2.24) is 15.0 Å². The molecule has 112 heavy (non-hydrogen) atoms. The van der Waals surface area contributed by atoms with Gasteiger partial charge in [-0.05, 0) is 227 Å². The summed E-state index contributed by atoms with van der Waals surface area (Å²) < 4.78 is 1.25. The van der Waals surface area contributed by atoms with Crippen molar-refractivity contribution in [3.63, 3.8) is 0 Å². The minimum absolute atomic E-state index is 0. The summed E-state index contributed by atoms with van der Waals surface area (Å²) in [7, 11) is 0. The van der Waals surface area contributed by atoms with Gasteiger partial charge in [-0.15, -0.1) is 88.0 Å². The number of aromatic nitrogens is 3. The van der Waals surface area contributed by atoms with Crippen molar-refractivity contribution in [2.45, 2.75) is 220 Å². The van der Waals surface area contributed by atoms with Gasteiger partial charge in [0.1, 0.15) is 0 Å². The Kier molecular flexibility index (Phi) is 18.1. The first-order valence-corrected chi connectivity index (χ1v) is 41.6. The van der Waals surface area contributed by atoms with E-state index in [1.54, 1.807) is 44.7 Å². The van der Waals surface area contributed by atoms with Crippen LogP contribution in [0.4, 0.5) is 0 Å². The van der Waals surface area contributed by atoms with E-state index in [-0.39, 0.29) is 92.8 Å². The van der Waals surface area contributed by atoms with Crippen LogP contribution in [-0.4, -0.2) is 15.0 Å². The van der Waals surface area contributed by atoms with E-state index in [2.05, 4.69) is 317 Å². The smallest absolute Gasteiger partial charge is 0.0697 e. The molecule has 0 bridgehead atoms. The van der Waals surface area contributed by atoms with Crippen LogP contribution < -0.4 is 0 Å². The Morgan fingerprint density at radius 3 is 1.01 bits per heavy atom. The fourth-order valence-corrected chi connectivity index (χ4v) is 28.5. The summed E-state index contributed by atoms with van der Waals surface area (Å²) in [5.41, 5.74) is 33.9. The number of benzene rings is 10. The van der Waals surface area contributed by atoms with Gasteiger partial charge >= 0.3 is 0 Å². The van der Waals surface area contributed by atoms with Crippen LogP contribution in [0.5, 0.6) is 0 Å². The molecule has 0 unspecified atom stereocenters. The van der Waals surface area contributed by atoms with Gasteiger partial charge in [-0.2, -0.15) is 11.3 Å². The molecule has 22 rings (SSSR count). The van der Waals surface area contributed by atoms with Gasteiger partial charge in [0.25, 0.3) is 0 Å². The number of thiazole rings is 1. The molecule has 6 fully saturated rings. The molecule has 0 atom stereocenters. The molecule has 0 saturated heterocycles. The zero-order valence-electron chi connectivity index (χ0n) is 68.2. The number of aryl methyl sites for hydroxylation is 4. The molecule has 0 aliphatic heterocycles. The van der Waals surface area contributed by atoms with Crippen LogP contribution in [0.1, 0.15) is 216 Å². The Hall–Kier alpha value is -6.88. The Labute approximate surface area is 710 Å². The summed E-state index contributed by atoms with van der Waals surface area (Å²) in [6, 6.07) is 81.7. The van der Waals surface area contributed by atoms with Gasteiger partial charge < -0.3 is 4.98 Å². The first-order chi connectivity index (χ1) is 51.8. The van der Waals surface area contributed by atoms with Crippen LogP contribution in [-0.2, 0) is 92.8 Å². The Balaban J connectivity index is 0.000000121. The van der Waals surface area contributed by atoms with Gasteiger partial charge in [0.2, 0.25) is 0 Å². The number of rotatable bonds is 3. The van der Waals surface area contributed by atoms with Crippen LogP contribution in [0.25, 0.3) is 109 Å². The molecular formula is C105H104Ir3N3S-3. The average molecular weight is 2020 g/mol. The summed E-state index contributed by atoms with van der Waals surface area (Å²) in [6.07, 6.45) is 17.1. The zero-order chi connectivity index (χ0) is 75.4. The fraction of sp³-hybridized carbons (Fsp3) is 0.381. The van der Waals surface area contributed by atoms with E-state index in [1.165, 1.54) is 164 Å². The van der Waals surface area contributed by atoms with Gasteiger partial charge in [-0.25, -0.2) is 0 Å². The Morgan fingerprint density at radius 2 is 0.607 bits per heavy atom. The number of pyridine rings is 2. The van der Waals surface area contributed by atoms with E-state index in [0.29, 0.717) is 32.5 Å². The van der Waals surface area contributed by atoms with Crippen molar-refractivity contribution in [2.24, 2.45) is 32.5 Å². The van der Waals surface area contributed by atoms with Crippen LogP contribution in [0.3, 0.4) is 0 Å². The molecular weight excluding hydrogens is 1910 g/mol. The number of nitrogens with zero attached hydrogens (tertiary/aromatic N) is 3. The van der Waals surface area contributed by atoms with Gasteiger partial charge in [0.05, 0.1) is 11.0 Å². The van der Waals surface area contributed by atoms with E-state index in [0.717, 1.165) is 44.1 Å². The molecule has 575 valence electrons. The standard InChI is InChI=1S/C38H36N.C35H36N.C32H32NS.3Ir/c1-24-14-16-27-28-17-15-25(34-30-12-7-6-10-26(30)29-11-8-9-13-33(29)39-34)19-32(28)38-22-35(2,3)20-37(38,31(27)18-24)21-36(4,5)23-38;1-22-11-13-26-27-14-12-24(31-28-10-8-7-9-25(28)23(2)17-36-31)16-30(27)35-20-32(3,4)18-34(35,29(26)15-22)19-33(5,6)21-35;1-20-10-12-22-23-13-11-21(28-33-26-8-6-7-9-27(26)34-28)15-25(23)32-18-29(2,3)16-31(32,24(22)14-20)17-30(4,5)19-32;;;/h6-14,16-19H,20-23H2,1-5H3;7-11,13-17H,18-21H2,1-6H3;6-10,12-15H,16-19H2,1-5H3;;;/q3*-1;;;. The molecule has 3 aromatic heterocycles. The van der Waals surface area contributed by atoms with E-state index in [9.17, 15) is 0 Å². The van der Waals surface area contributed by atoms with Crippen molar-refractivity contribution >= 4 is 54.0 Å². The third kappa shape index (κ3) is 11.4. The second-order valence-electron chi connectivity index (χ2n) is 41.1. The van der Waals surface area contributed by atoms with Gasteiger partial charge in [0.15, 0.2) is 0 Å². The maximum Gasteiger partial charge on any atom is 0.0697 e. The minimum atomic E-state index is 0. The molecule has 0 N–H and O–H groups in total. The second-order valence-corrected chi connectivity index (χ2v) is 42.1. The molecule has 9 aliphatic rings. The number of hydrogen-bond donors (Lipinski definition) is 0. The minimum Gasteiger partial charge on any atom is -0.304 e. The molecule has 3 nitrogen and oxygen atoms in total. The molecule has 9 aliphatic carbocycles.